The Labute approximate surface area is 61.0 Å². The van der Waals surface area contributed by atoms with Gasteiger partial charge in [-0.2, -0.15) is 0 Å². The monoisotopic (exact) mass is 143 g/mol. The number of aliphatic hydroxyl groups excluding tert-OH is 1. The molecule has 0 saturated carbocycles. The fraction of sp³-hybridized carbons (Fsp3) is 0.571. The first-order valence-electron chi connectivity index (χ1n) is 3.11. The summed E-state index contributed by atoms with van der Waals surface area (Å²) in [5, 5.41) is 8.44. The van der Waals surface area contributed by atoms with Crippen molar-refractivity contribution in [3.63, 3.8) is 0 Å². The minimum atomic E-state index is -0.117. The van der Waals surface area contributed by atoms with Gasteiger partial charge in [0.2, 0.25) is 0 Å². The van der Waals surface area contributed by atoms with Crippen molar-refractivity contribution in [2.75, 3.05) is 20.2 Å². The van der Waals surface area contributed by atoms with Crippen LogP contribution in [-0.4, -0.2) is 31.2 Å². The summed E-state index contributed by atoms with van der Waals surface area (Å²) in [5.74, 6) is -0.117. The number of likely N-dealkylation sites (N-methyl/N-ethyl adjacent to an activating group) is 1. The average molecular weight is 143 g/mol. The Hall–Kier alpha value is -0.670. The van der Waals surface area contributed by atoms with Gasteiger partial charge in [0.05, 0.1) is 12.2 Å². The quantitative estimate of drug-likeness (QED) is 0.441. The van der Waals surface area contributed by atoms with E-state index < -0.39 is 0 Å². The minimum absolute atomic E-state index is 0.00444. The zero-order valence-electron chi connectivity index (χ0n) is 6.42. The minimum Gasteiger partial charge on any atom is -0.390 e. The van der Waals surface area contributed by atoms with Crippen LogP contribution in [0.1, 0.15) is 6.92 Å². The maximum Gasteiger partial charge on any atom is 0.388 e. The van der Waals surface area contributed by atoms with Gasteiger partial charge in [0, 0.05) is 0 Å². The van der Waals surface area contributed by atoms with Gasteiger partial charge in [-0.1, -0.05) is 11.5 Å². The number of hydrogen-bond donors (Lipinski definition) is 1. The molecule has 0 fully saturated rings. The summed E-state index contributed by atoms with van der Waals surface area (Å²) >= 11 is 0. The predicted octanol–water partition coefficient (Wildman–Crippen LogP) is -0.149. The van der Waals surface area contributed by atoms with E-state index >= 15 is 0 Å². The lowest BCUT2D eigenvalue weighted by molar-refractivity contribution is -0.121. The molecule has 3 nitrogen and oxygen atoms in total. The second kappa shape index (κ2) is 4.19. The molecule has 3 heteroatoms. The van der Waals surface area contributed by atoms with Crippen molar-refractivity contribution in [3.05, 3.63) is 12.2 Å². The van der Waals surface area contributed by atoms with Gasteiger partial charge >= 0.3 is 5.91 Å². The highest BCUT2D eigenvalue weighted by Gasteiger charge is 2.19. The fourth-order valence-corrected chi connectivity index (χ4v) is 0.577. The van der Waals surface area contributed by atoms with E-state index in [1.807, 2.05) is 0 Å². The number of hydrogen-bond acceptors (Lipinski definition) is 2. The molecule has 1 amide bonds. The second-order valence-corrected chi connectivity index (χ2v) is 2.23. The molecule has 0 rings (SSSR count). The summed E-state index contributed by atoms with van der Waals surface area (Å²) in [4.78, 5) is 12.4. The van der Waals surface area contributed by atoms with Crippen LogP contribution in [0.25, 0.3) is 0 Å². The normalized spacial score (nSPS) is 10.0. The Morgan fingerprint density at radius 3 is 2.50 bits per heavy atom. The summed E-state index contributed by atoms with van der Waals surface area (Å²) in [6.07, 6.45) is 0. The van der Waals surface area contributed by atoms with Gasteiger partial charge in [-0.05, 0) is 6.92 Å². The smallest absolute Gasteiger partial charge is 0.388 e. The molecule has 1 radical (unpaired) electrons. The third-order valence-corrected chi connectivity index (χ3v) is 1.15. The summed E-state index contributed by atoms with van der Waals surface area (Å²) in [6.45, 7) is 5.50. The van der Waals surface area contributed by atoms with Crippen molar-refractivity contribution in [2.45, 2.75) is 6.92 Å². The highest BCUT2D eigenvalue weighted by molar-refractivity contribution is 5.93. The molecular formula is C7H13NO2+. The van der Waals surface area contributed by atoms with Gasteiger partial charge in [0.1, 0.15) is 7.05 Å². The van der Waals surface area contributed by atoms with E-state index in [4.69, 9.17) is 5.11 Å². The third-order valence-electron chi connectivity index (χ3n) is 1.15. The first kappa shape index (κ1) is 9.33. The number of amides is 1. The molecule has 0 aromatic heterocycles. The number of aliphatic hydroxyl groups is 1. The zero-order valence-corrected chi connectivity index (χ0v) is 6.42. The zero-order chi connectivity index (χ0) is 8.15. The van der Waals surface area contributed by atoms with Crippen molar-refractivity contribution in [3.8, 4) is 0 Å². The van der Waals surface area contributed by atoms with Gasteiger partial charge in [0.15, 0.2) is 6.54 Å². The van der Waals surface area contributed by atoms with Crippen LogP contribution in [0.4, 0.5) is 0 Å². The molecule has 0 aliphatic rings. The molecule has 10 heavy (non-hydrogen) atoms. The standard InChI is InChI=1S/C7H13NO2/c1-6(2)7(10)8(3)4-5-9/h9H,1,4-5H2,2-3H3/q+1. The van der Waals surface area contributed by atoms with E-state index in [1.54, 1.807) is 14.0 Å². The Balaban J connectivity index is 3.82. The van der Waals surface area contributed by atoms with E-state index in [-0.39, 0.29) is 12.5 Å². The average Bonchev–Trinajstić information content (AvgIpc) is 1.87. The lowest BCUT2D eigenvalue weighted by Gasteiger charge is -2.00. The van der Waals surface area contributed by atoms with Crippen molar-refractivity contribution >= 4 is 5.91 Å². The molecule has 0 spiro atoms. The molecule has 0 heterocycles. The molecule has 1 N–H and O–H groups in total. The highest BCUT2D eigenvalue weighted by atomic mass is 16.3. The van der Waals surface area contributed by atoms with Crippen LogP contribution in [0.3, 0.4) is 0 Å². The first-order valence-corrected chi connectivity index (χ1v) is 3.11. The van der Waals surface area contributed by atoms with Crippen LogP contribution in [0, 0.1) is 0 Å². The van der Waals surface area contributed by atoms with Crippen molar-refractivity contribution in [2.24, 2.45) is 0 Å². The highest BCUT2D eigenvalue weighted by Crippen LogP contribution is 1.90. The maximum atomic E-state index is 10.9. The molecule has 0 unspecified atom stereocenters. The number of rotatable bonds is 3. The van der Waals surface area contributed by atoms with Crippen LogP contribution in [0.15, 0.2) is 12.2 Å². The molecule has 0 bridgehead atoms. The fourth-order valence-electron chi connectivity index (χ4n) is 0.577. The van der Waals surface area contributed by atoms with Crippen LogP contribution in [-0.2, 0) is 4.79 Å². The predicted molar refractivity (Wildman–Crippen MR) is 39.8 cm³/mol. The summed E-state index contributed by atoms with van der Waals surface area (Å²) < 4.78 is 0. The first-order chi connectivity index (χ1) is 4.59. The maximum absolute atomic E-state index is 10.9. The molecule has 0 saturated heterocycles. The largest absolute Gasteiger partial charge is 0.390 e. The van der Waals surface area contributed by atoms with Gasteiger partial charge in [0.25, 0.3) is 0 Å². The number of nitrogens with zero attached hydrogens (tertiary/aromatic N) is 1. The Morgan fingerprint density at radius 2 is 2.20 bits per heavy atom. The van der Waals surface area contributed by atoms with E-state index in [9.17, 15) is 4.79 Å². The van der Waals surface area contributed by atoms with Crippen LogP contribution in [0.5, 0.6) is 0 Å². The summed E-state index contributed by atoms with van der Waals surface area (Å²) in [7, 11) is 1.63. The van der Waals surface area contributed by atoms with Gasteiger partial charge < -0.3 is 5.11 Å². The summed E-state index contributed by atoms with van der Waals surface area (Å²) in [6, 6.07) is 0. The lowest BCUT2D eigenvalue weighted by Crippen LogP contribution is -2.35. The van der Waals surface area contributed by atoms with Gasteiger partial charge in [-0.15, -0.1) is 0 Å². The lowest BCUT2D eigenvalue weighted by atomic mass is 10.3. The topological polar surface area (TPSA) is 43.2 Å². The van der Waals surface area contributed by atoms with E-state index in [0.29, 0.717) is 12.1 Å². The molecule has 57 valence electrons. The SMILES string of the molecule is C=C(C)C(=O)[N+](C)CCO. The second-order valence-electron chi connectivity index (χ2n) is 2.23. The number of carbonyl (C=O) groups excluding carboxylic acids is 1. The molecule has 0 aliphatic carbocycles. The van der Waals surface area contributed by atoms with E-state index in [0.717, 1.165) is 0 Å². The van der Waals surface area contributed by atoms with Crippen LogP contribution in [0.2, 0.25) is 0 Å². The van der Waals surface area contributed by atoms with Gasteiger partial charge in [-0.3, -0.25) is 0 Å². The van der Waals surface area contributed by atoms with Crippen LogP contribution < -0.4 is 4.90 Å². The van der Waals surface area contributed by atoms with E-state index in [1.165, 1.54) is 4.90 Å². The van der Waals surface area contributed by atoms with Gasteiger partial charge in [-0.25, -0.2) is 4.79 Å². The summed E-state index contributed by atoms with van der Waals surface area (Å²) in [5.41, 5.74) is 0.496. The number of carbonyl (C=O) groups is 1. The molecule has 0 aromatic carbocycles. The molecule has 0 aliphatic heterocycles. The van der Waals surface area contributed by atoms with Crippen LogP contribution >= 0.6 is 0 Å². The molecular weight excluding hydrogens is 130 g/mol. The van der Waals surface area contributed by atoms with Crippen molar-refractivity contribution < 1.29 is 9.90 Å². The third kappa shape index (κ3) is 2.75. The Bertz CT molecular complexity index is 143. The van der Waals surface area contributed by atoms with Crippen molar-refractivity contribution in [1.82, 2.24) is 4.90 Å². The Kier molecular flexibility index (Phi) is 3.91. The molecule has 0 aromatic rings. The van der Waals surface area contributed by atoms with E-state index in [2.05, 4.69) is 6.58 Å². The molecule has 0 atom stereocenters. The van der Waals surface area contributed by atoms with Crippen molar-refractivity contribution in [1.29, 1.82) is 0 Å². The Morgan fingerprint density at radius 1 is 1.70 bits per heavy atom.